The van der Waals surface area contributed by atoms with Crippen molar-refractivity contribution in [1.29, 1.82) is 0 Å². The van der Waals surface area contributed by atoms with Gasteiger partial charge in [0.25, 0.3) is 5.69 Å². The highest BCUT2D eigenvalue weighted by atomic mass is 35.5. The number of benzene rings is 4. The number of rotatable bonds is 1. The van der Waals surface area contributed by atoms with E-state index in [1.54, 1.807) is 30.6 Å². The molecular weight excluding hydrogens is 880 g/mol. The summed E-state index contributed by atoms with van der Waals surface area (Å²) in [5.41, 5.74) is 8.67. The normalized spacial score (nSPS) is 10.0. The molecule has 0 unspecified atom stereocenters. The van der Waals surface area contributed by atoms with Gasteiger partial charge < -0.3 is 0 Å². The average Bonchev–Trinajstić information content (AvgIpc) is 3.35. The summed E-state index contributed by atoms with van der Waals surface area (Å²) in [5, 5.41) is 35.1. The molecule has 0 amide bonds. The van der Waals surface area contributed by atoms with Gasteiger partial charge in [-0.05, 0) is 107 Å². The molecule has 6 aromatic heterocycles. The lowest BCUT2D eigenvalue weighted by Gasteiger charge is -2.02. The van der Waals surface area contributed by atoms with Crippen LogP contribution in [0.4, 0.5) is 11.4 Å². The Hall–Kier alpha value is -7.85. The molecule has 10 aromatic rings. The lowest BCUT2D eigenvalue weighted by atomic mass is 10.1. The molecule has 0 spiro atoms. The molecule has 336 valence electrons. The van der Waals surface area contributed by atoms with Crippen molar-refractivity contribution in [1.82, 2.24) is 40.3 Å². The highest BCUT2D eigenvalue weighted by Gasteiger charge is 2.13. The van der Waals surface area contributed by atoms with Crippen molar-refractivity contribution in [3.8, 4) is 0 Å². The van der Waals surface area contributed by atoms with Crippen LogP contribution < -0.4 is 0 Å². The molecule has 0 fully saturated rings. The summed E-state index contributed by atoms with van der Waals surface area (Å²) in [6.07, 6.45) is 6.55. The zero-order valence-electron chi connectivity index (χ0n) is 38.4. The fraction of sp³-hybridized carbons (Fsp3) is 0.151. The van der Waals surface area contributed by atoms with E-state index in [1.165, 1.54) is 22.5 Å². The Bertz CT molecular complexity index is 3060. The zero-order chi connectivity index (χ0) is 48.5. The largest absolute Gasteiger partial charge is 0.295 e. The molecular formula is C53H48Cl2N10O2. The monoisotopic (exact) mass is 926 g/mol. The molecule has 0 aliphatic heterocycles. The van der Waals surface area contributed by atoms with E-state index in [1.807, 2.05) is 134 Å². The van der Waals surface area contributed by atoms with Gasteiger partial charge in [0.2, 0.25) is 5.69 Å². The molecule has 0 aliphatic rings. The van der Waals surface area contributed by atoms with Crippen molar-refractivity contribution in [3.63, 3.8) is 0 Å². The molecule has 0 N–H and O–H groups in total. The van der Waals surface area contributed by atoms with Crippen LogP contribution in [0.1, 0.15) is 45.4 Å². The number of halogens is 2. The van der Waals surface area contributed by atoms with Crippen molar-refractivity contribution in [2.45, 2.75) is 55.4 Å². The number of nitrogens with zero attached hydrogens (tertiary/aromatic N) is 10. The third-order valence-electron chi connectivity index (χ3n) is 10.1. The van der Waals surface area contributed by atoms with E-state index in [0.717, 1.165) is 71.8 Å². The molecule has 6 heterocycles. The predicted octanol–water partition coefficient (Wildman–Crippen LogP) is 14.1. The van der Waals surface area contributed by atoms with Crippen LogP contribution in [0, 0.1) is 72.1 Å². The quantitative estimate of drug-likeness (QED) is 0.0884. The Morgan fingerprint density at radius 3 is 1.25 bits per heavy atom. The summed E-state index contributed by atoms with van der Waals surface area (Å²) in [7, 11) is 0. The number of aromatic nitrogens is 8. The third kappa shape index (κ3) is 14.1. The second-order valence-corrected chi connectivity index (χ2v) is 15.8. The first kappa shape index (κ1) is 50.2. The molecule has 0 aliphatic carbocycles. The molecule has 0 saturated carbocycles. The van der Waals surface area contributed by atoms with E-state index < -0.39 is 4.92 Å². The highest BCUT2D eigenvalue weighted by Crippen LogP contribution is 2.28. The summed E-state index contributed by atoms with van der Waals surface area (Å²) < 4.78 is 0. The number of fused-ring (bicyclic) bond motifs is 4. The van der Waals surface area contributed by atoms with Crippen molar-refractivity contribution in [2.75, 3.05) is 0 Å². The number of pyridine rings is 4. The van der Waals surface area contributed by atoms with Crippen LogP contribution in [0.25, 0.3) is 47.9 Å². The molecule has 0 saturated heterocycles. The van der Waals surface area contributed by atoms with E-state index in [9.17, 15) is 10.1 Å². The Kier molecular flexibility index (Phi) is 18.3. The van der Waals surface area contributed by atoms with Crippen LogP contribution in [0.15, 0.2) is 146 Å². The Morgan fingerprint density at radius 2 is 0.821 bits per heavy atom. The molecule has 0 atom stereocenters. The summed E-state index contributed by atoms with van der Waals surface area (Å²) in [6.45, 7) is 22.6. The van der Waals surface area contributed by atoms with Crippen LogP contribution in [0.5, 0.6) is 0 Å². The van der Waals surface area contributed by atoms with Gasteiger partial charge >= 0.3 is 0 Å². The van der Waals surface area contributed by atoms with Crippen molar-refractivity contribution < 1.29 is 4.92 Å². The molecule has 14 heteroatoms. The van der Waals surface area contributed by atoms with Crippen molar-refractivity contribution in [2.24, 2.45) is 0 Å². The maximum atomic E-state index is 10.7. The topological polar surface area (TPSA) is 151 Å². The number of aryl methyl sites for hydroxylation is 8. The number of hydrogen-bond donors (Lipinski definition) is 0. The van der Waals surface area contributed by atoms with Gasteiger partial charge in [0, 0.05) is 62.9 Å². The van der Waals surface area contributed by atoms with Gasteiger partial charge in [0.1, 0.15) is 6.20 Å². The van der Waals surface area contributed by atoms with Gasteiger partial charge in [-0.2, -0.15) is 15.3 Å². The minimum atomic E-state index is -0.408. The fourth-order valence-corrected chi connectivity index (χ4v) is 6.81. The van der Waals surface area contributed by atoms with Gasteiger partial charge in [0.05, 0.1) is 39.0 Å². The highest BCUT2D eigenvalue weighted by molar-refractivity contribution is 6.35. The molecule has 12 nitrogen and oxygen atoms in total. The van der Waals surface area contributed by atoms with Crippen molar-refractivity contribution in [3.05, 3.63) is 223 Å². The summed E-state index contributed by atoms with van der Waals surface area (Å²) in [6, 6.07) is 38.9. The molecule has 4 aromatic carbocycles. The lowest BCUT2D eigenvalue weighted by Crippen LogP contribution is -1.92. The second kappa shape index (κ2) is 24.4. The van der Waals surface area contributed by atoms with Gasteiger partial charge in [0.15, 0.2) is 5.15 Å². The molecule has 67 heavy (non-hydrogen) atoms. The van der Waals surface area contributed by atoms with Crippen LogP contribution in [0.2, 0.25) is 10.2 Å². The maximum Gasteiger partial charge on any atom is 0.295 e. The standard InChI is InChI=1S/C11H8N2.C11H11N.C10H8ClN.C10H8N2O2.C6H8N2.C5H5ClN2/c1-8-9-5-3-4-6-10(9)11(12-2)7-13-8;1-8-7-12-9(2)11-6-4-3-5-10(8)11;1-7-8-4-2-3-5-9(8)10(11)6-12-7;1-7-8-4-2-3-5-9(8)10(6-11-7)12(13)14;1-5-3-4-6(2)8-7-5;1-4-2-3-5(6)8-7-4/h3-7H,1H3;3-7H,1-2H3;2-6H,1H3;2-6H,1H3;3-4H,1-2H3;2-3H,1H3. The summed E-state index contributed by atoms with van der Waals surface area (Å²) in [5.74, 6) is 0. The third-order valence-corrected chi connectivity index (χ3v) is 10.6. The van der Waals surface area contributed by atoms with E-state index in [2.05, 4.69) is 76.4 Å². The maximum absolute atomic E-state index is 10.7. The predicted molar refractivity (Wildman–Crippen MR) is 272 cm³/mol. The Morgan fingerprint density at radius 1 is 0.448 bits per heavy atom. The van der Waals surface area contributed by atoms with Gasteiger partial charge in [-0.25, -0.2) is 4.85 Å². The van der Waals surface area contributed by atoms with E-state index in [-0.39, 0.29) is 5.69 Å². The molecule has 0 bridgehead atoms. The van der Waals surface area contributed by atoms with E-state index >= 15 is 0 Å². The van der Waals surface area contributed by atoms with Gasteiger partial charge in [-0.3, -0.25) is 30.1 Å². The zero-order valence-corrected chi connectivity index (χ0v) is 39.9. The van der Waals surface area contributed by atoms with E-state index in [0.29, 0.717) is 16.2 Å². The first-order valence-corrected chi connectivity index (χ1v) is 21.7. The van der Waals surface area contributed by atoms with E-state index in [4.69, 9.17) is 29.8 Å². The second-order valence-electron chi connectivity index (χ2n) is 15.0. The van der Waals surface area contributed by atoms with Crippen LogP contribution >= 0.6 is 23.2 Å². The van der Waals surface area contributed by atoms with Crippen LogP contribution in [0.3, 0.4) is 0 Å². The Labute approximate surface area is 399 Å². The fourth-order valence-electron chi connectivity index (χ4n) is 6.50. The SMILES string of the molecule is Cc1ccc(C)nn1.Cc1ccc(Cl)nn1.Cc1cnc(C)c2ccccc12.Cc1ncc(Cl)c2ccccc12.Cc1ncc([N+](=O)[O-])c2ccccc12.[C-]#[N+]c1cnc(C)c2ccccc12. The van der Waals surface area contributed by atoms with Gasteiger partial charge in [-0.1, -0.05) is 114 Å². The smallest absolute Gasteiger partial charge is 0.273 e. The van der Waals surface area contributed by atoms with Crippen LogP contribution in [-0.4, -0.2) is 45.3 Å². The Balaban J connectivity index is 0.000000152. The number of hydrogen-bond acceptors (Lipinski definition) is 10. The first-order valence-electron chi connectivity index (χ1n) is 20.9. The molecule has 10 rings (SSSR count). The molecule has 0 radical (unpaired) electrons. The number of nitro groups is 1. The minimum absolute atomic E-state index is 0.0613. The lowest BCUT2D eigenvalue weighted by molar-refractivity contribution is -0.383. The van der Waals surface area contributed by atoms with Gasteiger partial charge in [-0.15, -0.1) is 5.10 Å². The summed E-state index contributed by atoms with van der Waals surface area (Å²) in [4.78, 5) is 30.3. The first-order chi connectivity index (χ1) is 32.2. The average molecular weight is 928 g/mol. The summed E-state index contributed by atoms with van der Waals surface area (Å²) >= 11 is 11.4. The van der Waals surface area contributed by atoms with Crippen LogP contribution in [-0.2, 0) is 0 Å². The minimum Gasteiger partial charge on any atom is -0.273 e. The van der Waals surface area contributed by atoms with Crippen molar-refractivity contribution >= 4 is 77.7 Å².